The molecule has 1 aromatic carbocycles. The Labute approximate surface area is 154 Å². The zero-order chi connectivity index (χ0) is 18.6. The predicted octanol–water partition coefficient (Wildman–Crippen LogP) is 1.57. The predicted molar refractivity (Wildman–Crippen MR) is 92.4 cm³/mol. The minimum Gasteiger partial charge on any atom is -0.486 e. The molecule has 1 N–H and O–H groups in total. The van der Waals surface area contributed by atoms with E-state index in [2.05, 4.69) is 25.6 Å². The number of tetrazole rings is 1. The second-order valence-corrected chi connectivity index (χ2v) is 6.46. The van der Waals surface area contributed by atoms with Crippen LogP contribution >= 0.6 is 0 Å². The summed E-state index contributed by atoms with van der Waals surface area (Å²) in [4.78, 5) is 15.7. The summed E-state index contributed by atoms with van der Waals surface area (Å²) < 4.78 is 8.77. The summed E-state index contributed by atoms with van der Waals surface area (Å²) in [5, 5.41) is 24.6. The number of carboxylic acids is 1. The molecule has 1 aliphatic carbocycles. The lowest BCUT2D eigenvalue weighted by atomic mass is 10.1. The van der Waals surface area contributed by atoms with Gasteiger partial charge in [-0.2, -0.15) is 5.10 Å². The molecule has 0 amide bonds. The van der Waals surface area contributed by atoms with Gasteiger partial charge in [-0.3, -0.25) is 4.79 Å². The first-order valence-corrected chi connectivity index (χ1v) is 8.80. The molecular formula is C17H19N7O3. The first-order valence-electron chi connectivity index (χ1n) is 8.80. The smallest absolute Gasteiger partial charge is 0.325 e. The number of carbonyl (C=O) groups is 1. The Morgan fingerprint density at radius 3 is 2.89 bits per heavy atom. The fourth-order valence-corrected chi connectivity index (χ4v) is 3.26. The van der Waals surface area contributed by atoms with Crippen molar-refractivity contribution >= 4 is 5.97 Å². The highest BCUT2D eigenvalue weighted by Crippen LogP contribution is 2.32. The highest BCUT2D eigenvalue weighted by atomic mass is 16.5. The van der Waals surface area contributed by atoms with E-state index in [4.69, 9.17) is 9.84 Å². The Morgan fingerprint density at radius 2 is 2.15 bits per heavy atom. The van der Waals surface area contributed by atoms with Crippen LogP contribution in [0.5, 0.6) is 5.75 Å². The summed E-state index contributed by atoms with van der Waals surface area (Å²) in [5.41, 5.74) is 0.760. The van der Waals surface area contributed by atoms with Crippen LogP contribution in [0.4, 0.5) is 0 Å². The van der Waals surface area contributed by atoms with Crippen LogP contribution in [0.15, 0.2) is 30.6 Å². The molecule has 1 saturated carbocycles. The SMILES string of the molecule is O=C(O)Cn1nc(C2CCCC2)nc1COc1cccc(-n2cnnn2)c1. The van der Waals surface area contributed by atoms with Crippen molar-refractivity contribution < 1.29 is 14.6 Å². The van der Waals surface area contributed by atoms with E-state index < -0.39 is 5.97 Å². The lowest BCUT2D eigenvalue weighted by molar-refractivity contribution is -0.138. The van der Waals surface area contributed by atoms with Gasteiger partial charge in [0.2, 0.25) is 0 Å². The summed E-state index contributed by atoms with van der Waals surface area (Å²) in [7, 11) is 0. The third kappa shape index (κ3) is 3.94. The van der Waals surface area contributed by atoms with Crippen molar-refractivity contribution in [3.05, 3.63) is 42.2 Å². The van der Waals surface area contributed by atoms with Gasteiger partial charge in [-0.15, -0.1) is 5.10 Å². The second-order valence-electron chi connectivity index (χ2n) is 6.46. The van der Waals surface area contributed by atoms with Crippen LogP contribution in [-0.2, 0) is 17.9 Å². The van der Waals surface area contributed by atoms with Gasteiger partial charge in [0.05, 0.1) is 5.69 Å². The van der Waals surface area contributed by atoms with Gasteiger partial charge >= 0.3 is 5.97 Å². The van der Waals surface area contributed by atoms with E-state index >= 15 is 0 Å². The zero-order valence-corrected chi connectivity index (χ0v) is 14.6. The largest absolute Gasteiger partial charge is 0.486 e. The number of benzene rings is 1. The molecule has 1 fully saturated rings. The van der Waals surface area contributed by atoms with Crippen molar-refractivity contribution in [2.75, 3.05) is 0 Å². The fourth-order valence-electron chi connectivity index (χ4n) is 3.26. The Morgan fingerprint density at radius 1 is 1.30 bits per heavy atom. The molecule has 1 aliphatic rings. The van der Waals surface area contributed by atoms with Crippen molar-refractivity contribution in [2.24, 2.45) is 0 Å². The number of carboxylic acid groups (broad SMARTS) is 1. The van der Waals surface area contributed by atoms with E-state index in [1.165, 1.54) is 15.7 Å². The van der Waals surface area contributed by atoms with Gasteiger partial charge in [-0.25, -0.2) is 14.3 Å². The van der Waals surface area contributed by atoms with Gasteiger partial charge in [0, 0.05) is 12.0 Å². The van der Waals surface area contributed by atoms with E-state index in [1.807, 2.05) is 18.2 Å². The highest BCUT2D eigenvalue weighted by Gasteiger charge is 2.23. The number of aromatic nitrogens is 7. The molecule has 10 heteroatoms. The third-order valence-electron chi connectivity index (χ3n) is 4.57. The van der Waals surface area contributed by atoms with Crippen molar-refractivity contribution in [1.82, 2.24) is 35.0 Å². The van der Waals surface area contributed by atoms with Gasteiger partial charge in [0.1, 0.15) is 25.2 Å². The lowest BCUT2D eigenvalue weighted by Crippen LogP contribution is -2.15. The molecule has 0 atom stereocenters. The molecule has 140 valence electrons. The maximum absolute atomic E-state index is 11.2. The number of rotatable bonds is 7. The first-order chi connectivity index (χ1) is 13.2. The van der Waals surface area contributed by atoms with Crippen molar-refractivity contribution in [1.29, 1.82) is 0 Å². The van der Waals surface area contributed by atoms with E-state index in [9.17, 15) is 4.79 Å². The quantitative estimate of drug-likeness (QED) is 0.666. The summed E-state index contributed by atoms with van der Waals surface area (Å²) >= 11 is 0. The van der Waals surface area contributed by atoms with Crippen LogP contribution in [0, 0.1) is 0 Å². The standard InChI is InChI=1S/C17H19N7O3/c25-16(26)9-23-15(19-17(20-23)12-4-1-2-5-12)10-27-14-7-3-6-13(8-14)24-11-18-21-22-24/h3,6-8,11-12H,1-2,4-5,9-10H2,(H,25,26). The van der Waals surface area contributed by atoms with Crippen molar-refractivity contribution in [3.8, 4) is 11.4 Å². The average molecular weight is 369 g/mol. The summed E-state index contributed by atoms with van der Waals surface area (Å²) in [6.07, 6.45) is 5.91. The monoisotopic (exact) mass is 369 g/mol. The molecule has 0 spiro atoms. The molecule has 10 nitrogen and oxygen atoms in total. The van der Waals surface area contributed by atoms with Crippen molar-refractivity contribution in [2.45, 2.75) is 44.8 Å². The van der Waals surface area contributed by atoms with Gasteiger partial charge in [0.25, 0.3) is 0 Å². The molecule has 0 unspecified atom stereocenters. The van der Waals surface area contributed by atoms with E-state index in [0.29, 0.717) is 17.5 Å². The van der Waals surface area contributed by atoms with Gasteiger partial charge in [-0.1, -0.05) is 18.9 Å². The number of hydrogen-bond acceptors (Lipinski definition) is 7. The highest BCUT2D eigenvalue weighted by molar-refractivity contribution is 5.66. The summed E-state index contributed by atoms with van der Waals surface area (Å²) in [6, 6.07) is 7.29. The number of nitrogens with zero attached hydrogens (tertiary/aromatic N) is 7. The van der Waals surface area contributed by atoms with Crippen LogP contribution in [-0.4, -0.2) is 46.0 Å². The van der Waals surface area contributed by atoms with Crippen LogP contribution in [0.2, 0.25) is 0 Å². The topological polar surface area (TPSA) is 121 Å². The molecule has 0 aliphatic heterocycles. The maximum Gasteiger partial charge on any atom is 0.325 e. The molecule has 27 heavy (non-hydrogen) atoms. The second kappa shape index (κ2) is 7.52. The number of aliphatic carboxylic acids is 1. The van der Waals surface area contributed by atoms with E-state index in [-0.39, 0.29) is 13.2 Å². The maximum atomic E-state index is 11.2. The average Bonchev–Trinajstić information content (AvgIpc) is 3.41. The Balaban J connectivity index is 1.51. The Bertz CT molecular complexity index is 917. The minimum atomic E-state index is -0.959. The van der Waals surface area contributed by atoms with Gasteiger partial charge in [0.15, 0.2) is 11.6 Å². The van der Waals surface area contributed by atoms with Crippen LogP contribution in [0.1, 0.15) is 43.3 Å². The molecule has 0 bridgehead atoms. The molecule has 2 aromatic heterocycles. The first kappa shape index (κ1) is 17.1. The molecule has 2 heterocycles. The molecule has 3 aromatic rings. The molecular weight excluding hydrogens is 350 g/mol. The van der Waals surface area contributed by atoms with Crippen LogP contribution in [0.3, 0.4) is 0 Å². The van der Waals surface area contributed by atoms with Gasteiger partial charge in [-0.05, 0) is 35.4 Å². The summed E-state index contributed by atoms with van der Waals surface area (Å²) in [5.74, 6) is 1.18. The van der Waals surface area contributed by atoms with E-state index in [1.54, 1.807) is 6.07 Å². The van der Waals surface area contributed by atoms with Crippen LogP contribution < -0.4 is 4.74 Å². The lowest BCUT2D eigenvalue weighted by Gasteiger charge is -2.08. The Kier molecular flexibility index (Phi) is 4.77. The van der Waals surface area contributed by atoms with Gasteiger partial charge < -0.3 is 9.84 Å². The molecule has 0 saturated heterocycles. The molecule has 0 radical (unpaired) electrons. The third-order valence-corrected chi connectivity index (χ3v) is 4.57. The fraction of sp³-hybridized carbons (Fsp3) is 0.412. The van der Waals surface area contributed by atoms with E-state index in [0.717, 1.165) is 37.2 Å². The Hall–Kier alpha value is -3.30. The van der Waals surface area contributed by atoms with Crippen LogP contribution in [0.25, 0.3) is 5.69 Å². The normalized spacial score (nSPS) is 14.5. The summed E-state index contributed by atoms with van der Waals surface area (Å²) in [6.45, 7) is -0.102. The number of ether oxygens (including phenoxy) is 1. The number of hydrogen-bond donors (Lipinski definition) is 1. The minimum absolute atomic E-state index is 0.131. The zero-order valence-electron chi connectivity index (χ0n) is 14.6. The van der Waals surface area contributed by atoms with Crippen molar-refractivity contribution in [3.63, 3.8) is 0 Å². The molecule has 4 rings (SSSR count).